The first-order valence-corrected chi connectivity index (χ1v) is 6.84. The highest BCUT2D eigenvalue weighted by atomic mass is 16.5. The van der Waals surface area contributed by atoms with Crippen molar-refractivity contribution >= 4 is 0 Å². The number of hydrogen-bond donors (Lipinski definition) is 1. The number of ether oxygens (including phenoxy) is 1. The summed E-state index contributed by atoms with van der Waals surface area (Å²) in [4.78, 5) is 0. The molecule has 1 saturated heterocycles. The third-order valence-corrected chi connectivity index (χ3v) is 3.48. The Balaban J connectivity index is 1.86. The fourth-order valence-electron chi connectivity index (χ4n) is 2.14. The van der Waals surface area contributed by atoms with Gasteiger partial charge in [0.05, 0.1) is 11.5 Å². The van der Waals surface area contributed by atoms with Gasteiger partial charge >= 0.3 is 0 Å². The van der Waals surface area contributed by atoms with E-state index in [-0.39, 0.29) is 5.41 Å². The Morgan fingerprint density at radius 2 is 2.18 bits per heavy atom. The molecule has 0 radical (unpaired) electrons. The molecule has 0 spiro atoms. The zero-order valence-electron chi connectivity index (χ0n) is 11.3. The Morgan fingerprint density at radius 3 is 2.82 bits per heavy atom. The van der Waals surface area contributed by atoms with Crippen molar-refractivity contribution in [2.75, 3.05) is 26.3 Å². The zero-order chi connectivity index (χ0) is 12.6. The van der Waals surface area contributed by atoms with Crippen molar-refractivity contribution < 1.29 is 4.74 Å². The maximum atomic E-state index is 8.87. The standard InChI is InChI=1S/C14H26N2O/c1-14(2,12-15)7-3-4-9-17-10-6-13-5-8-16-11-13/h13,16H,3-11H2,1-2H3. The minimum atomic E-state index is -0.171. The van der Waals surface area contributed by atoms with Crippen LogP contribution < -0.4 is 5.32 Å². The van der Waals surface area contributed by atoms with Gasteiger partial charge in [-0.3, -0.25) is 0 Å². The van der Waals surface area contributed by atoms with Gasteiger partial charge in [-0.2, -0.15) is 5.26 Å². The fourth-order valence-corrected chi connectivity index (χ4v) is 2.14. The first-order valence-electron chi connectivity index (χ1n) is 6.84. The third-order valence-electron chi connectivity index (χ3n) is 3.48. The van der Waals surface area contributed by atoms with Crippen LogP contribution in [0, 0.1) is 22.7 Å². The Kier molecular flexibility index (Phi) is 6.54. The van der Waals surface area contributed by atoms with E-state index in [1.54, 1.807) is 0 Å². The van der Waals surface area contributed by atoms with Crippen LogP contribution in [0.3, 0.4) is 0 Å². The van der Waals surface area contributed by atoms with Gasteiger partial charge in [-0.15, -0.1) is 0 Å². The van der Waals surface area contributed by atoms with Crippen LogP contribution in [0.4, 0.5) is 0 Å². The van der Waals surface area contributed by atoms with E-state index in [1.165, 1.54) is 25.9 Å². The van der Waals surface area contributed by atoms with Crippen LogP contribution in [-0.4, -0.2) is 26.3 Å². The number of nitrogens with zero attached hydrogens (tertiary/aromatic N) is 1. The van der Waals surface area contributed by atoms with Gasteiger partial charge in [0.2, 0.25) is 0 Å². The quantitative estimate of drug-likeness (QED) is 0.661. The minimum absolute atomic E-state index is 0.171. The summed E-state index contributed by atoms with van der Waals surface area (Å²) >= 11 is 0. The molecule has 1 aliphatic rings. The predicted octanol–water partition coefficient (Wildman–Crippen LogP) is 2.72. The van der Waals surface area contributed by atoms with Gasteiger partial charge in [0.1, 0.15) is 0 Å². The average Bonchev–Trinajstić information content (AvgIpc) is 2.81. The van der Waals surface area contributed by atoms with Crippen molar-refractivity contribution in [3.05, 3.63) is 0 Å². The lowest BCUT2D eigenvalue weighted by Crippen LogP contribution is -2.11. The molecule has 98 valence electrons. The lowest BCUT2D eigenvalue weighted by Gasteiger charge is -2.14. The van der Waals surface area contributed by atoms with E-state index in [0.29, 0.717) is 0 Å². The largest absolute Gasteiger partial charge is 0.381 e. The Bertz CT molecular complexity index is 239. The first-order chi connectivity index (χ1) is 8.14. The SMILES string of the molecule is CC(C)(C#N)CCCCOCCC1CCNC1. The molecule has 1 unspecified atom stereocenters. The van der Waals surface area contributed by atoms with Crippen LogP contribution >= 0.6 is 0 Å². The van der Waals surface area contributed by atoms with E-state index in [0.717, 1.165) is 38.4 Å². The van der Waals surface area contributed by atoms with Crippen LogP contribution in [0.1, 0.15) is 46.0 Å². The first kappa shape index (κ1) is 14.5. The summed E-state index contributed by atoms with van der Waals surface area (Å²) in [6, 6.07) is 2.33. The summed E-state index contributed by atoms with van der Waals surface area (Å²) < 4.78 is 5.63. The summed E-state index contributed by atoms with van der Waals surface area (Å²) in [6.07, 6.45) is 5.63. The molecule has 0 aromatic heterocycles. The van der Waals surface area contributed by atoms with Crippen LogP contribution in [0.2, 0.25) is 0 Å². The predicted molar refractivity (Wildman–Crippen MR) is 69.7 cm³/mol. The molecule has 1 aliphatic heterocycles. The highest BCUT2D eigenvalue weighted by molar-refractivity contribution is 4.91. The molecule has 0 aliphatic carbocycles. The molecule has 1 atom stereocenters. The lowest BCUT2D eigenvalue weighted by atomic mass is 9.89. The summed E-state index contributed by atoms with van der Waals surface area (Å²) in [5.74, 6) is 0.826. The molecular weight excluding hydrogens is 212 g/mol. The van der Waals surface area contributed by atoms with E-state index >= 15 is 0 Å². The molecule has 0 bridgehead atoms. The maximum absolute atomic E-state index is 8.87. The van der Waals surface area contributed by atoms with Crippen LogP contribution in [0.15, 0.2) is 0 Å². The lowest BCUT2D eigenvalue weighted by molar-refractivity contribution is 0.116. The van der Waals surface area contributed by atoms with E-state index in [2.05, 4.69) is 11.4 Å². The van der Waals surface area contributed by atoms with Gasteiger partial charge in [0.25, 0.3) is 0 Å². The highest BCUT2D eigenvalue weighted by Crippen LogP contribution is 2.21. The molecule has 1 N–H and O–H groups in total. The van der Waals surface area contributed by atoms with Crippen molar-refractivity contribution in [1.29, 1.82) is 5.26 Å². The number of unbranched alkanes of at least 4 members (excludes halogenated alkanes) is 1. The van der Waals surface area contributed by atoms with Gasteiger partial charge in [-0.1, -0.05) is 0 Å². The van der Waals surface area contributed by atoms with Crippen molar-refractivity contribution in [1.82, 2.24) is 5.32 Å². The topological polar surface area (TPSA) is 45.0 Å². The van der Waals surface area contributed by atoms with Crippen molar-refractivity contribution in [3.63, 3.8) is 0 Å². The molecule has 17 heavy (non-hydrogen) atoms. The van der Waals surface area contributed by atoms with E-state index in [4.69, 9.17) is 10.00 Å². The van der Waals surface area contributed by atoms with Crippen LogP contribution in [-0.2, 0) is 4.74 Å². The number of hydrogen-bond acceptors (Lipinski definition) is 3. The molecule has 0 amide bonds. The van der Waals surface area contributed by atoms with Crippen molar-refractivity contribution in [2.45, 2.75) is 46.0 Å². The zero-order valence-corrected chi connectivity index (χ0v) is 11.3. The summed E-state index contributed by atoms with van der Waals surface area (Å²) in [5, 5.41) is 12.2. The summed E-state index contributed by atoms with van der Waals surface area (Å²) in [5.41, 5.74) is -0.171. The van der Waals surface area contributed by atoms with Crippen molar-refractivity contribution in [2.24, 2.45) is 11.3 Å². The molecule has 0 saturated carbocycles. The molecule has 3 heteroatoms. The molecular formula is C14H26N2O. The van der Waals surface area contributed by atoms with E-state index in [9.17, 15) is 0 Å². The smallest absolute Gasteiger partial charge is 0.0683 e. The van der Waals surface area contributed by atoms with E-state index < -0.39 is 0 Å². The van der Waals surface area contributed by atoms with Gasteiger partial charge in [0.15, 0.2) is 0 Å². The monoisotopic (exact) mass is 238 g/mol. The molecule has 1 rings (SSSR count). The Labute approximate surface area is 106 Å². The highest BCUT2D eigenvalue weighted by Gasteiger charge is 2.15. The van der Waals surface area contributed by atoms with Gasteiger partial charge in [-0.05, 0) is 65.0 Å². The molecule has 3 nitrogen and oxygen atoms in total. The molecule has 0 aromatic rings. The van der Waals surface area contributed by atoms with Crippen molar-refractivity contribution in [3.8, 4) is 6.07 Å². The number of nitriles is 1. The second-order valence-electron chi connectivity index (χ2n) is 5.71. The number of nitrogens with one attached hydrogen (secondary N) is 1. The van der Waals surface area contributed by atoms with Crippen LogP contribution in [0.25, 0.3) is 0 Å². The third kappa shape index (κ3) is 6.65. The maximum Gasteiger partial charge on any atom is 0.0683 e. The second-order valence-corrected chi connectivity index (χ2v) is 5.71. The minimum Gasteiger partial charge on any atom is -0.381 e. The fraction of sp³-hybridized carbons (Fsp3) is 0.929. The average molecular weight is 238 g/mol. The van der Waals surface area contributed by atoms with Crippen LogP contribution in [0.5, 0.6) is 0 Å². The van der Waals surface area contributed by atoms with Gasteiger partial charge in [-0.25, -0.2) is 0 Å². The normalized spacial score (nSPS) is 20.4. The van der Waals surface area contributed by atoms with E-state index in [1.807, 2.05) is 13.8 Å². The Hall–Kier alpha value is -0.590. The molecule has 0 aromatic carbocycles. The summed E-state index contributed by atoms with van der Waals surface area (Å²) in [6.45, 7) is 8.09. The number of rotatable bonds is 8. The molecule has 1 fully saturated rings. The molecule has 1 heterocycles. The van der Waals surface area contributed by atoms with Gasteiger partial charge in [0, 0.05) is 13.2 Å². The second kappa shape index (κ2) is 7.68. The van der Waals surface area contributed by atoms with Gasteiger partial charge < -0.3 is 10.1 Å². The summed E-state index contributed by atoms with van der Waals surface area (Å²) in [7, 11) is 0. The Morgan fingerprint density at radius 1 is 1.35 bits per heavy atom.